The summed E-state index contributed by atoms with van der Waals surface area (Å²) < 4.78 is 75.2. The molecule has 0 heterocycles. The Morgan fingerprint density at radius 2 is 1.31 bits per heavy atom. The van der Waals surface area contributed by atoms with Gasteiger partial charge in [0.15, 0.2) is 0 Å². The molecule has 2 N–H and O–H groups in total. The molecular formula is C18H14Cl2F6N2O. The van der Waals surface area contributed by atoms with E-state index in [4.69, 9.17) is 23.2 Å². The highest BCUT2D eigenvalue weighted by Crippen LogP contribution is 2.39. The average Bonchev–Trinajstić information content (AvgIpc) is 2.55. The average molecular weight is 459 g/mol. The number of hydrogen-bond acceptors (Lipinski definition) is 2. The van der Waals surface area contributed by atoms with E-state index in [9.17, 15) is 31.1 Å². The molecule has 0 atom stereocenters. The quantitative estimate of drug-likeness (QED) is 0.311. The van der Waals surface area contributed by atoms with E-state index in [1.807, 2.05) is 5.32 Å². The Hall–Kier alpha value is -2.13. The van der Waals surface area contributed by atoms with Crippen LogP contribution in [0.1, 0.15) is 22.3 Å². The van der Waals surface area contributed by atoms with E-state index in [1.54, 1.807) is 32.0 Å². The molecule has 2 aromatic carbocycles. The number of hydrogen-bond donors (Lipinski definition) is 2. The molecule has 0 aliphatic carbocycles. The summed E-state index contributed by atoms with van der Waals surface area (Å²) in [6, 6.07) is 5.80. The van der Waals surface area contributed by atoms with Crippen molar-refractivity contribution in [3.05, 3.63) is 58.7 Å². The lowest BCUT2D eigenvalue weighted by Crippen LogP contribution is -2.40. The maximum atomic E-state index is 13.0. The highest BCUT2D eigenvalue weighted by atomic mass is 35.5. The van der Waals surface area contributed by atoms with Gasteiger partial charge in [0.2, 0.25) is 0 Å². The van der Waals surface area contributed by atoms with Crippen molar-refractivity contribution >= 4 is 40.5 Å². The maximum absolute atomic E-state index is 13.0. The molecular weight excluding hydrogens is 445 g/mol. The third-order valence-corrected chi connectivity index (χ3v) is 4.43. The van der Waals surface area contributed by atoms with Gasteiger partial charge in [0.25, 0.3) is 10.4 Å². The molecule has 0 bridgehead atoms. The fourth-order valence-electron chi connectivity index (χ4n) is 2.47. The molecule has 0 saturated heterocycles. The molecule has 0 aliphatic heterocycles. The third-order valence-electron chi connectivity index (χ3n) is 3.89. The van der Waals surface area contributed by atoms with Crippen LogP contribution in [0.3, 0.4) is 0 Å². The molecule has 3 nitrogen and oxygen atoms in total. The van der Waals surface area contributed by atoms with Crippen molar-refractivity contribution in [1.29, 1.82) is 0 Å². The van der Waals surface area contributed by atoms with Gasteiger partial charge in [0.05, 0.1) is 11.1 Å². The Labute approximate surface area is 172 Å². The molecule has 2 aromatic rings. The number of aryl methyl sites for hydroxylation is 2. The number of para-hydroxylation sites is 1. The summed E-state index contributed by atoms with van der Waals surface area (Å²) >= 11 is 11.8. The molecule has 0 aliphatic rings. The summed E-state index contributed by atoms with van der Waals surface area (Å²) in [5.41, 5.74) is -2.20. The highest BCUT2D eigenvalue weighted by Gasteiger charge is 2.39. The van der Waals surface area contributed by atoms with Crippen molar-refractivity contribution in [2.75, 3.05) is 10.6 Å². The first-order chi connectivity index (χ1) is 13.1. The van der Waals surface area contributed by atoms with Crippen LogP contribution in [0, 0.1) is 13.8 Å². The van der Waals surface area contributed by atoms with E-state index in [2.05, 4.69) is 5.32 Å². The third kappa shape index (κ3) is 5.70. The predicted octanol–water partition coefficient (Wildman–Crippen LogP) is 6.52. The summed E-state index contributed by atoms with van der Waals surface area (Å²) in [6.45, 7) is 3.37. The Morgan fingerprint density at radius 1 is 0.862 bits per heavy atom. The van der Waals surface area contributed by atoms with Crippen molar-refractivity contribution in [2.45, 2.75) is 30.7 Å². The van der Waals surface area contributed by atoms with Crippen LogP contribution in [0.4, 0.5) is 37.7 Å². The van der Waals surface area contributed by atoms with Crippen LogP contribution >= 0.6 is 23.2 Å². The standard InChI is InChI=1S/C18H14Cl2F6N2O/c1-9-4-3-5-10(2)14(9)27-15(29)16(19,20)28-13-7-11(17(21,22)23)6-12(8-13)18(24,25)26/h3-8,28H,1-2H3,(H,27,29). The Kier molecular flexibility index (Phi) is 6.34. The number of halogens is 8. The van der Waals surface area contributed by atoms with Gasteiger partial charge < -0.3 is 10.6 Å². The van der Waals surface area contributed by atoms with Gasteiger partial charge in [-0.3, -0.25) is 4.79 Å². The summed E-state index contributed by atoms with van der Waals surface area (Å²) in [7, 11) is 0. The van der Waals surface area contributed by atoms with E-state index in [0.29, 0.717) is 28.9 Å². The molecule has 29 heavy (non-hydrogen) atoms. The van der Waals surface area contributed by atoms with Crippen molar-refractivity contribution in [2.24, 2.45) is 0 Å². The molecule has 0 fully saturated rings. The molecule has 1 amide bonds. The maximum Gasteiger partial charge on any atom is 0.416 e. The number of amides is 1. The molecule has 11 heteroatoms. The minimum absolute atomic E-state index is 0.0495. The zero-order chi connectivity index (χ0) is 22.2. The van der Waals surface area contributed by atoms with Crippen LogP contribution in [0.2, 0.25) is 0 Å². The van der Waals surface area contributed by atoms with Gasteiger partial charge in [-0.05, 0) is 43.2 Å². The van der Waals surface area contributed by atoms with E-state index >= 15 is 0 Å². The number of carbonyl (C=O) groups excluding carboxylic acids is 1. The summed E-state index contributed by atoms with van der Waals surface area (Å²) in [6.07, 6.45) is -10.1. The van der Waals surface area contributed by atoms with Crippen molar-refractivity contribution in [3.63, 3.8) is 0 Å². The lowest BCUT2D eigenvalue weighted by Gasteiger charge is -2.24. The molecule has 0 unspecified atom stereocenters. The van der Waals surface area contributed by atoms with Gasteiger partial charge in [-0.1, -0.05) is 41.4 Å². The Bertz CT molecular complexity index is 873. The SMILES string of the molecule is Cc1cccc(C)c1NC(=O)C(Cl)(Cl)Nc1cc(C(F)(F)F)cc(C(F)(F)F)c1. The normalized spacial score (nSPS) is 12.6. The molecule has 0 saturated carbocycles. The number of rotatable bonds is 4. The topological polar surface area (TPSA) is 41.1 Å². The first-order valence-electron chi connectivity index (χ1n) is 7.94. The number of benzene rings is 2. The van der Waals surface area contributed by atoms with Crippen LogP contribution in [0.5, 0.6) is 0 Å². The van der Waals surface area contributed by atoms with E-state index in [1.165, 1.54) is 0 Å². The van der Waals surface area contributed by atoms with E-state index in [-0.39, 0.29) is 6.07 Å². The Morgan fingerprint density at radius 3 is 1.72 bits per heavy atom. The smallest absolute Gasteiger partial charge is 0.347 e. The van der Waals surface area contributed by atoms with Crippen LogP contribution in [-0.4, -0.2) is 10.4 Å². The summed E-state index contributed by atoms with van der Waals surface area (Å²) in [5.74, 6) is -1.08. The van der Waals surface area contributed by atoms with Gasteiger partial charge >= 0.3 is 12.4 Å². The van der Waals surface area contributed by atoms with Crippen molar-refractivity contribution in [3.8, 4) is 0 Å². The molecule has 0 spiro atoms. The van der Waals surface area contributed by atoms with E-state index < -0.39 is 39.5 Å². The van der Waals surface area contributed by atoms with Crippen LogP contribution in [0.25, 0.3) is 0 Å². The number of carbonyl (C=O) groups is 1. The van der Waals surface area contributed by atoms with Crippen molar-refractivity contribution < 1.29 is 31.1 Å². The van der Waals surface area contributed by atoms with Gasteiger partial charge in [-0.15, -0.1) is 0 Å². The predicted molar refractivity (Wildman–Crippen MR) is 99.1 cm³/mol. The first kappa shape index (κ1) is 23.2. The monoisotopic (exact) mass is 458 g/mol. The van der Waals surface area contributed by atoms with Gasteiger partial charge in [-0.2, -0.15) is 26.3 Å². The minimum Gasteiger partial charge on any atom is -0.347 e. The number of alkyl halides is 8. The van der Waals surface area contributed by atoms with Gasteiger partial charge in [-0.25, -0.2) is 0 Å². The zero-order valence-electron chi connectivity index (χ0n) is 14.9. The minimum atomic E-state index is -5.06. The lowest BCUT2D eigenvalue weighted by molar-refractivity contribution is -0.143. The number of nitrogens with one attached hydrogen (secondary N) is 2. The summed E-state index contributed by atoms with van der Waals surface area (Å²) in [4.78, 5) is 12.4. The molecule has 158 valence electrons. The largest absolute Gasteiger partial charge is 0.416 e. The van der Waals surface area contributed by atoms with Gasteiger partial charge in [0.1, 0.15) is 0 Å². The zero-order valence-corrected chi connectivity index (χ0v) is 16.4. The lowest BCUT2D eigenvalue weighted by atomic mass is 10.1. The highest BCUT2D eigenvalue weighted by molar-refractivity contribution is 6.60. The summed E-state index contributed by atoms with van der Waals surface area (Å²) in [5, 5.41) is 4.44. The van der Waals surface area contributed by atoms with Crippen molar-refractivity contribution in [1.82, 2.24) is 0 Å². The second kappa shape index (κ2) is 7.95. The first-order valence-corrected chi connectivity index (χ1v) is 8.70. The second-order valence-electron chi connectivity index (χ2n) is 6.21. The fraction of sp³-hybridized carbons (Fsp3) is 0.278. The second-order valence-corrected chi connectivity index (χ2v) is 7.54. The molecule has 2 rings (SSSR count). The van der Waals surface area contributed by atoms with Gasteiger partial charge in [0, 0.05) is 11.4 Å². The van der Waals surface area contributed by atoms with Crippen LogP contribution in [0.15, 0.2) is 36.4 Å². The van der Waals surface area contributed by atoms with Crippen LogP contribution < -0.4 is 10.6 Å². The molecule has 0 radical (unpaired) electrons. The van der Waals surface area contributed by atoms with E-state index in [0.717, 1.165) is 0 Å². The number of anilines is 2. The van der Waals surface area contributed by atoms with Crippen LogP contribution in [-0.2, 0) is 17.1 Å². The fourth-order valence-corrected chi connectivity index (χ4v) is 2.78. The molecule has 0 aromatic heterocycles. The Balaban J connectivity index is 2.37.